The molecule has 0 aliphatic carbocycles. The largest absolute Gasteiger partial charge is 0.480 e. The van der Waals surface area contributed by atoms with Crippen molar-refractivity contribution >= 4 is 23.6 Å². The van der Waals surface area contributed by atoms with Crippen LogP contribution in [0, 0.1) is 11.7 Å². The molecule has 1 fully saturated rings. The van der Waals surface area contributed by atoms with Crippen LogP contribution in [0.25, 0.3) is 0 Å². The van der Waals surface area contributed by atoms with E-state index in [1.165, 1.54) is 34.9 Å². The summed E-state index contributed by atoms with van der Waals surface area (Å²) in [4.78, 5) is 25.2. The summed E-state index contributed by atoms with van der Waals surface area (Å²) in [5.74, 6) is -1.47. The van der Waals surface area contributed by atoms with Gasteiger partial charge in [0, 0.05) is 11.3 Å². The zero-order valence-electron chi connectivity index (χ0n) is 11.2. The van der Waals surface area contributed by atoms with E-state index in [1.54, 1.807) is 0 Å². The van der Waals surface area contributed by atoms with E-state index in [0.29, 0.717) is 5.75 Å². The van der Waals surface area contributed by atoms with Crippen LogP contribution in [-0.2, 0) is 4.79 Å². The number of amides is 1. The molecule has 1 N–H and O–H groups in total. The van der Waals surface area contributed by atoms with E-state index in [2.05, 4.69) is 0 Å². The third-order valence-electron chi connectivity index (χ3n) is 3.20. The second-order valence-electron chi connectivity index (χ2n) is 5.04. The van der Waals surface area contributed by atoms with Crippen LogP contribution in [0.3, 0.4) is 0 Å². The lowest BCUT2D eigenvalue weighted by Crippen LogP contribution is -2.47. The van der Waals surface area contributed by atoms with Gasteiger partial charge < -0.3 is 10.0 Å². The number of hydrogen-bond acceptors (Lipinski definition) is 3. The highest BCUT2D eigenvalue weighted by molar-refractivity contribution is 8.00. The molecular weight excluding hydrogens is 281 g/mol. The summed E-state index contributed by atoms with van der Waals surface area (Å²) in [6.45, 7) is 3.88. The molecule has 0 aromatic heterocycles. The molecule has 1 aliphatic heterocycles. The molecule has 2 unspecified atom stereocenters. The third-order valence-corrected chi connectivity index (χ3v) is 4.82. The summed E-state index contributed by atoms with van der Waals surface area (Å²) in [6.07, 6.45) is 0. The first kappa shape index (κ1) is 14.8. The van der Waals surface area contributed by atoms with Crippen LogP contribution < -0.4 is 0 Å². The topological polar surface area (TPSA) is 57.6 Å². The van der Waals surface area contributed by atoms with Crippen LogP contribution in [0.1, 0.15) is 24.2 Å². The van der Waals surface area contributed by atoms with Crippen molar-refractivity contribution in [1.29, 1.82) is 0 Å². The van der Waals surface area contributed by atoms with Crippen molar-refractivity contribution in [3.05, 3.63) is 35.6 Å². The fourth-order valence-corrected chi connectivity index (χ4v) is 3.73. The SMILES string of the molecule is CC(C)C1SCC(C(=O)O)N1C(=O)c1cccc(F)c1. The number of rotatable bonds is 3. The lowest BCUT2D eigenvalue weighted by Gasteiger charge is -2.29. The number of hydrogen-bond donors (Lipinski definition) is 1. The minimum atomic E-state index is -1.02. The monoisotopic (exact) mass is 297 g/mol. The number of aliphatic carboxylic acids is 1. The first-order valence-electron chi connectivity index (χ1n) is 6.34. The molecule has 0 saturated carbocycles. The third kappa shape index (κ3) is 2.80. The summed E-state index contributed by atoms with van der Waals surface area (Å²) in [6, 6.07) is 4.49. The zero-order chi connectivity index (χ0) is 14.9. The quantitative estimate of drug-likeness (QED) is 0.931. The highest BCUT2D eigenvalue weighted by atomic mass is 32.2. The highest BCUT2D eigenvalue weighted by Gasteiger charge is 2.43. The summed E-state index contributed by atoms with van der Waals surface area (Å²) in [5, 5.41) is 9.05. The molecule has 2 rings (SSSR count). The summed E-state index contributed by atoms with van der Waals surface area (Å²) in [7, 11) is 0. The van der Waals surface area contributed by atoms with Gasteiger partial charge in [0.1, 0.15) is 11.9 Å². The van der Waals surface area contributed by atoms with Crippen molar-refractivity contribution in [3.8, 4) is 0 Å². The van der Waals surface area contributed by atoms with Gasteiger partial charge in [-0.25, -0.2) is 9.18 Å². The van der Waals surface area contributed by atoms with Gasteiger partial charge in [-0.1, -0.05) is 19.9 Å². The van der Waals surface area contributed by atoms with Gasteiger partial charge in [0.2, 0.25) is 0 Å². The molecule has 0 bridgehead atoms. The van der Waals surface area contributed by atoms with Crippen LogP contribution in [-0.4, -0.2) is 39.1 Å². The van der Waals surface area contributed by atoms with E-state index in [1.807, 2.05) is 13.8 Å². The summed E-state index contributed by atoms with van der Waals surface area (Å²) in [5.41, 5.74) is 0.185. The van der Waals surface area contributed by atoms with Crippen molar-refractivity contribution in [1.82, 2.24) is 4.90 Å². The van der Waals surface area contributed by atoms with Gasteiger partial charge >= 0.3 is 5.97 Å². The lowest BCUT2D eigenvalue weighted by atomic mass is 10.1. The molecule has 0 spiro atoms. The Hall–Kier alpha value is -1.56. The molecule has 2 atom stereocenters. The molecule has 1 amide bonds. The molecule has 6 heteroatoms. The zero-order valence-corrected chi connectivity index (χ0v) is 12.1. The van der Waals surface area contributed by atoms with Gasteiger partial charge in [-0.15, -0.1) is 11.8 Å². The van der Waals surface area contributed by atoms with Gasteiger partial charge in [0.15, 0.2) is 0 Å². The fourth-order valence-electron chi connectivity index (χ4n) is 2.26. The van der Waals surface area contributed by atoms with Crippen LogP contribution >= 0.6 is 11.8 Å². The second kappa shape index (κ2) is 5.83. The average Bonchev–Trinajstić information content (AvgIpc) is 2.82. The Morgan fingerprint density at radius 1 is 1.45 bits per heavy atom. The van der Waals surface area contributed by atoms with Crippen molar-refractivity contribution in [2.45, 2.75) is 25.3 Å². The van der Waals surface area contributed by atoms with Crippen LogP contribution in [0.4, 0.5) is 4.39 Å². The van der Waals surface area contributed by atoms with Crippen molar-refractivity contribution in [3.63, 3.8) is 0 Å². The molecule has 1 saturated heterocycles. The number of benzene rings is 1. The molecule has 1 aromatic carbocycles. The number of carboxylic acids is 1. The highest BCUT2D eigenvalue weighted by Crippen LogP contribution is 2.35. The second-order valence-corrected chi connectivity index (χ2v) is 6.19. The standard InChI is InChI=1S/C14H16FNO3S/c1-8(2)13-16(11(7-20-13)14(18)19)12(17)9-4-3-5-10(15)6-9/h3-6,8,11,13H,7H2,1-2H3,(H,18,19). The van der Waals surface area contributed by atoms with Gasteiger partial charge in [-0.05, 0) is 24.1 Å². The number of carbonyl (C=O) groups is 2. The number of carbonyl (C=O) groups excluding carboxylic acids is 1. The van der Waals surface area contributed by atoms with Crippen molar-refractivity contribution < 1.29 is 19.1 Å². The van der Waals surface area contributed by atoms with Gasteiger partial charge in [-0.3, -0.25) is 4.79 Å². The van der Waals surface area contributed by atoms with Crippen molar-refractivity contribution in [2.75, 3.05) is 5.75 Å². The number of carboxylic acid groups (broad SMARTS) is 1. The molecule has 108 valence electrons. The van der Waals surface area contributed by atoms with E-state index in [-0.39, 0.29) is 16.9 Å². The Morgan fingerprint density at radius 2 is 2.15 bits per heavy atom. The molecule has 20 heavy (non-hydrogen) atoms. The average molecular weight is 297 g/mol. The van der Waals surface area contributed by atoms with Crippen molar-refractivity contribution in [2.24, 2.45) is 5.92 Å². The smallest absolute Gasteiger partial charge is 0.327 e. The normalized spacial score (nSPS) is 22.3. The number of nitrogens with zero attached hydrogens (tertiary/aromatic N) is 1. The predicted molar refractivity (Wildman–Crippen MR) is 75.1 cm³/mol. The van der Waals surface area contributed by atoms with E-state index in [9.17, 15) is 19.1 Å². The Morgan fingerprint density at radius 3 is 2.70 bits per heavy atom. The van der Waals surface area contributed by atoms with E-state index < -0.39 is 23.7 Å². The molecule has 1 aromatic rings. The first-order valence-corrected chi connectivity index (χ1v) is 7.39. The molecule has 1 heterocycles. The molecular formula is C14H16FNO3S. The van der Waals surface area contributed by atoms with E-state index in [4.69, 9.17) is 0 Å². The summed E-state index contributed by atoms with van der Waals surface area (Å²) < 4.78 is 13.2. The maximum absolute atomic E-state index is 13.2. The Balaban J connectivity index is 2.34. The fraction of sp³-hybridized carbons (Fsp3) is 0.429. The maximum atomic E-state index is 13.2. The molecule has 0 radical (unpaired) electrons. The minimum absolute atomic E-state index is 0.127. The van der Waals surface area contributed by atoms with E-state index in [0.717, 1.165) is 6.07 Å². The van der Waals surface area contributed by atoms with Gasteiger partial charge in [0.25, 0.3) is 5.91 Å². The Kier molecular flexibility index (Phi) is 4.32. The lowest BCUT2D eigenvalue weighted by molar-refractivity contribution is -0.141. The van der Waals surface area contributed by atoms with E-state index >= 15 is 0 Å². The van der Waals surface area contributed by atoms with Crippen LogP contribution in [0.15, 0.2) is 24.3 Å². The number of thioether (sulfide) groups is 1. The Bertz CT molecular complexity index is 535. The Labute approximate surface area is 121 Å². The predicted octanol–water partition coefficient (Wildman–Crippen LogP) is 2.45. The van der Waals surface area contributed by atoms with Crippen LogP contribution in [0.5, 0.6) is 0 Å². The van der Waals surface area contributed by atoms with Crippen LogP contribution in [0.2, 0.25) is 0 Å². The maximum Gasteiger partial charge on any atom is 0.327 e. The first-order chi connectivity index (χ1) is 9.41. The summed E-state index contributed by atoms with van der Waals surface area (Å²) >= 11 is 1.45. The number of halogens is 1. The molecule has 1 aliphatic rings. The van der Waals surface area contributed by atoms with Gasteiger partial charge in [0.05, 0.1) is 5.37 Å². The van der Waals surface area contributed by atoms with Gasteiger partial charge in [-0.2, -0.15) is 0 Å². The minimum Gasteiger partial charge on any atom is -0.480 e. The molecule has 4 nitrogen and oxygen atoms in total.